The first-order valence-electron chi connectivity index (χ1n) is 4.62. The van der Waals surface area contributed by atoms with E-state index in [0.29, 0.717) is 5.75 Å². The standard InChI is InChI=1S/C9H17N3OS/c1-7(5-14(3)13)10-4-9-8(2)11-6-12-9/h6-7,10H,4-5H2,1-3H3,(H,11,12). The molecular weight excluding hydrogens is 198 g/mol. The van der Waals surface area contributed by atoms with Crippen LogP contribution in [0.15, 0.2) is 6.33 Å². The molecule has 0 aliphatic rings. The fourth-order valence-corrected chi connectivity index (χ4v) is 2.07. The van der Waals surface area contributed by atoms with Crippen LogP contribution in [0.5, 0.6) is 0 Å². The molecule has 2 N–H and O–H groups in total. The van der Waals surface area contributed by atoms with Crippen molar-refractivity contribution in [2.75, 3.05) is 12.0 Å². The maximum absolute atomic E-state index is 10.9. The molecule has 0 aliphatic carbocycles. The minimum atomic E-state index is -0.740. The van der Waals surface area contributed by atoms with Gasteiger partial charge < -0.3 is 10.3 Å². The Labute approximate surface area is 87.0 Å². The van der Waals surface area contributed by atoms with Crippen LogP contribution in [-0.2, 0) is 17.3 Å². The molecule has 4 nitrogen and oxygen atoms in total. The summed E-state index contributed by atoms with van der Waals surface area (Å²) in [6.45, 7) is 4.75. The first-order valence-corrected chi connectivity index (χ1v) is 6.34. The van der Waals surface area contributed by atoms with Crippen LogP contribution >= 0.6 is 0 Å². The average molecular weight is 215 g/mol. The van der Waals surface area contributed by atoms with Gasteiger partial charge in [-0.05, 0) is 13.8 Å². The highest BCUT2D eigenvalue weighted by atomic mass is 32.2. The van der Waals surface area contributed by atoms with Gasteiger partial charge in [0, 0.05) is 41.1 Å². The van der Waals surface area contributed by atoms with Crippen molar-refractivity contribution in [3.05, 3.63) is 17.7 Å². The minimum absolute atomic E-state index is 0.261. The maximum atomic E-state index is 10.9. The van der Waals surface area contributed by atoms with Gasteiger partial charge in [-0.25, -0.2) is 4.98 Å². The third-order valence-corrected chi connectivity index (χ3v) is 3.01. The van der Waals surface area contributed by atoms with Gasteiger partial charge in [-0.1, -0.05) is 0 Å². The van der Waals surface area contributed by atoms with Gasteiger partial charge in [0.25, 0.3) is 0 Å². The molecule has 0 saturated carbocycles. The average Bonchev–Trinajstić information content (AvgIpc) is 2.46. The number of H-pyrrole nitrogens is 1. The van der Waals surface area contributed by atoms with Crippen molar-refractivity contribution in [2.45, 2.75) is 26.4 Å². The van der Waals surface area contributed by atoms with Gasteiger partial charge >= 0.3 is 0 Å². The molecule has 0 aliphatic heterocycles. The normalized spacial score (nSPS) is 15.4. The van der Waals surface area contributed by atoms with Gasteiger partial charge in [0.2, 0.25) is 0 Å². The van der Waals surface area contributed by atoms with Crippen LogP contribution < -0.4 is 5.32 Å². The van der Waals surface area contributed by atoms with Crippen LogP contribution in [-0.4, -0.2) is 32.2 Å². The van der Waals surface area contributed by atoms with E-state index in [0.717, 1.165) is 17.9 Å². The van der Waals surface area contributed by atoms with E-state index in [9.17, 15) is 4.21 Å². The van der Waals surface area contributed by atoms with Crippen molar-refractivity contribution in [3.8, 4) is 0 Å². The molecule has 1 heterocycles. The van der Waals surface area contributed by atoms with Crippen molar-refractivity contribution < 1.29 is 4.21 Å². The summed E-state index contributed by atoms with van der Waals surface area (Å²) in [5.74, 6) is 0.684. The fraction of sp³-hybridized carbons (Fsp3) is 0.667. The highest BCUT2D eigenvalue weighted by Gasteiger charge is 2.05. The van der Waals surface area contributed by atoms with Crippen molar-refractivity contribution in [1.29, 1.82) is 0 Å². The lowest BCUT2D eigenvalue weighted by Crippen LogP contribution is -2.30. The van der Waals surface area contributed by atoms with Crippen molar-refractivity contribution in [2.24, 2.45) is 0 Å². The second-order valence-electron chi connectivity index (χ2n) is 3.50. The summed E-state index contributed by atoms with van der Waals surface area (Å²) in [5, 5.41) is 3.28. The Bertz CT molecular complexity index is 311. The molecule has 2 unspecified atom stereocenters. The van der Waals surface area contributed by atoms with E-state index >= 15 is 0 Å². The Hall–Kier alpha value is -0.680. The Morgan fingerprint density at radius 1 is 1.71 bits per heavy atom. The van der Waals surface area contributed by atoms with Gasteiger partial charge in [-0.2, -0.15) is 0 Å². The summed E-state index contributed by atoms with van der Waals surface area (Å²) >= 11 is 0. The molecule has 1 aromatic rings. The molecule has 0 bridgehead atoms. The first kappa shape index (κ1) is 11.4. The third kappa shape index (κ3) is 3.59. The molecule has 80 valence electrons. The van der Waals surface area contributed by atoms with Crippen molar-refractivity contribution in [3.63, 3.8) is 0 Å². The predicted molar refractivity (Wildman–Crippen MR) is 58.6 cm³/mol. The van der Waals surface area contributed by atoms with Gasteiger partial charge in [-0.15, -0.1) is 0 Å². The van der Waals surface area contributed by atoms with Crippen LogP contribution in [0.25, 0.3) is 0 Å². The number of aromatic nitrogens is 2. The second-order valence-corrected chi connectivity index (χ2v) is 4.98. The Morgan fingerprint density at radius 3 is 2.93 bits per heavy atom. The van der Waals surface area contributed by atoms with Crippen LogP contribution in [0.2, 0.25) is 0 Å². The number of aromatic amines is 1. The number of nitrogens with one attached hydrogen (secondary N) is 2. The summed E-state index contributed by atoms with van der Waals surface area (Å²) in [6, 6.07) is 0.261. The zero-order valence-corrected chi connectivity index (χ0v) is 9.65. The Morgan fingerprint density at radius 2 is 2.43 bits per heavy atom. The molecule has 0 fully saturated rings. The number of imidazole rings is 1. The van der Waals surface area contributed by atoms with E-state index in [2.05, 4.69) is 15.3 Å². The summed E-state index contributed by atoms with van der Waals surface area (Å²) in [4.78, 5) is 7.19. The van der Waals surface area contributed by atoms with Gasteiger partial charge in [-0.3, -0.25) is 4.21 Å². The zero-order valence-electron chi connectivity index (χ0n) is 8.83. The maximum Gasteiger partial charge on any atom is 0.0925 e. The zero-order chi connectivity index (χ0) is 10.6. The van der Waals surface area contributed by atoms with Gasteiger partial charge in [0.1, 0.15) is 0 Å². The lowest BCUT2D eigenvalue weighted by Gasteiger charge is -2.11. The number of aryl methyl sites for hydroxylation is 1. The molecule has 0 radical (unpaired) electrons. The van der Waals surface area contributed by atoms with Gasteiger partial charge in [0.15, 0.2) is 0 Å². The van der Waals surface area contributed by atoms with Crippen molar-refractivity contribution >= 4 is 10.8 Å². The molecule has 1 rings (SSSR count). The third-order valence-electron chi connectivity index (χ3n) is 2.04. The van der Waals surface area contributed by atoms with E-state index in [1.54, 1.807) is 12.6 Å². The minimum Gasteiger partial charge on any atom is -0.348 e. The second kappa shape index (κ2) is 5.26. The van der Waals surface area contributed by atoms with Crippen LogP contribution in [0.3, 0.4) is 0 Å². The molecule has 0 saturated heterocycles. The molecule has 2 atom stereocenters. The summed E-state index contributed by atoms with van der Waals surface area (Å²) in [6.07, 6.45) is 3.41. The predicted octanol–water partition coefficient (Wildman–Crippen LogP) is 0.575. The smallest absolute Gasteiger partial charge is 0.0925 e. The van der Waals surface area contributed by atoms with Gasteiger partial charge in [0.05, 0.1) is 12.0 Å². The van der Waals surface area contributed by atoms with Crippen molar-refractivity contribution in [1.82, 2.24) is 15.3 Å². The Kier molecular flexibility index (Phi) is 4.28. The molecule has 0 aromatic carbocycles. The lowest BCUT2D eigenvalue weighted by molar-refractivity contribution is 0.580. The molecule has 1 aromatic heterocycles. The Balaban J connectivity index is 2.34. The molecule has 0 spiro atoms. The van der Waals surface area contributed by atoms with Crippen LogP contribution in [0.4, 0.5) is 0 Å². The van der Waals surface area contributed by atoms with Crippen LogP contribution in [0.1, 0.15) is 18.3 Å². The number of rotatable bonds is 5. The largest absolute Gasteiger partial charge is 0.348 e. The fourth-order valence-electron chi connectivity index (χ4n) is 1.25. The molecule has 0 amide bonds. The highest BCUT2D eigenvalue weighted by Crippen LogP contribution is 2.00. The summed E-state index contributed by atoms with van der Waals surface area (Å²) in [5.41, 5.74) is 2.11. The topological polar surface area (TPSA) is 57.8 Å². The summed E-state index contributed by atoms with van der Waals surface area (Å²) in [7, 11) is -0.740. The van der Waals surface area contributed by atoms with E-state index in [1.165, 1.54) is 0 Å². The SMILES string of the molecule is Cc1[nH]cnc1CNC(C)CS(C)=O. The number of hydrogen-bond acceptors (Lipinski definition) is 3. The number of hydrogen-bond donors (Lipinski definition) is 2. The number of nitrogens with zero attached hydrogens (tertiary/aromatic N) is 1. The first-order chi connectivity index (χ1) is 6.59. The quantitative estimate of drug-likeness (QED) is 0.755. The monoisotopic (exact) mass is 215 g/mol. The summed E-state index contributed by atoms with van der Waals surface area (Å²) < 4.78 is 10.9. The van der Waals surface area contributed by atoms with E-state index < -0.39 is 10.8 Å². The molecule has 14 heavy (non-hydrogen) atoms. The lowest BCUT2D eigenvalue weighted by atomic mass is 10.3. The van der Waals surface area contributed by atoms with Crippen LogP contribution in [0, 0.1) is 6.92 Å². The molecular formula is C9H17N3OS. The van der Waals surface area contributed by atoms with E-state index in [4.69, 9.17) is 0 Å². The molecule has 5 heteroatoms. The van der Waals surface area contributed by atoms with E-state index in [-0.39, 0.29) is 6.04 Å². The van der Waals surface area contributed by atoms with E-state index in [1.807, 2.05) is 13.8 Å². The highest BCUT2D eigenvalue weighted by molar-refractivity contribution is 7.84.